The molecule has 0 saturated heterocycles. The quantitative estimate of drug-likeness (QED) is 0.491. The highest BCUT2D eigenvalue weighted by atomic mass is 32.2. The van der Waals surface area contributed by atoms with Crippen LogP contribution in [0.25, 0.3) is 0 Å². The first-order valence-corrected chi connectivity index (χ1v) is 8.58. The number of para-hydroxylation sites is 1. The zero-order valence-corrected chi connectivity index (χ0v) is 13.3. The Morgan fingerprint density at radius 3 is 2.75 bits per heavy atom. The maximum absolute atomic E-state index is 11.3. The van der Waals surface area contributed by atoms with Gasteiger partial charge in [-0.25, -0.2) is 0 Å². The second kappa shape index (κ2) is 6.91. The van der Waals surface area contributed by atoms with Crippen molar-refractivity contribution < 1.29 is 4.92 Å². The largest absolute Gasteiger partial charge is 0.380 e. The summed E-state index contributed by atoms with van der Waals surface area (Å²) in [7, 11) is 0. The Balaban J connectivity index is 2.35. The van der Waals surface area contributed by atoms with Gasteiger partial charge in [-0.3, -0.25) is 10.1 Å². The molecule has 0 fully saturated rings. The molecule has 20 heavy (non-hydrogen) atoms. The van der Waals surface area contributed by atoms with Crippen LogP contribution >= 0.6 is 34.9 Å². The van der Waals surface area contributed by atoms with E-state index in [1.165, 1.54) is 34.9 Å². The van der Waals surface area contributed by atoms with Crippen molar-refractivity contribution in [2.75, 3.05) is 18.1 Å². The number of nitrogens with one attached hydrogen (secondary N) is 1. The van der Waals surface area contributed by atoms with Crippen LogP contribution in [0.2, 0.25) is 0 Å². The average molecular weight is 328 g/mol. The van der Waals surface area contributed by atoms with Gasteiger partial charge in [-0.15, -0.1) is 10.2 Å². The summed E-state index contributed by atoms with van der Waals surface area (Å²) in [6.45, 7) is 2.53. The van der Waals surface area contributed by atoms with Crippen molar-refractivity contribution >= 4 is 46.2 Å². The molecular weight excluding hydrogens is 316 g/mol. The lowest BCUT2D eigenvalue weighted by Gasteiger charge is -2.07. The maximum Gasteiger partial charge on any atom is 0.306 e. The molecule has 0 aliphatic carbocycles. The molecule has 0 bridgehead atoms. The molecule has 1 aromatic carbocycles. The van der Waals surface area contributed by atoms with Gasteiger partial charge in [-0.05, 0) is 37.1 Å². The van der Waals surface area contributed by atoms with E-state index in [0.29, 0.717) is 21.5 Å². The zero-order chi connectivity index (χ0) is 14.5. The van der Waals surface area contributed by atoms with Gasteiger partial charge in [0.15, 0.2) is 8.68 Å². The van der Waals surface area contributed by atoms with Crippen LogP contribution < -0.4 is 5.32 Å². The van der Waals surface area contributed by atoms with Gasteiger partial charge in [0, 0.05) is 6.54 Å². The van der Waals surface area contributed by atoms with E-state index in [2.05, 4.69) is 15.5 Å². The van der Waals surface area contributed by atoms with Crippen molar-refractivity contribution in [1.82, 2.24) is 10.2 Å². The fourth-order valence-electron chi connectivity index (χ4n) is 1.54. The van der Waals surface area contributed by atoms with Crippen LogP contribution in [0.4, 0.5) is 11.4 Å². The Kier molecular flexibility index (Phi) is 5.21. The number of aromatic nitrogens is 2. The third-order valence-corrected chi connectivity index (χ3v) is 5.31. The van der Waals surface area contributed by atoms with E-state index in [0.717, 1.165) is 4.34 Å². The summed E-state index contributed by atoms with van der Waals surface area (Å²) in [5.74, 6) is 0. The number of nitro benzene ring substituents is 1. The molecule has 0 unspecified atom stereocenters. The minimum Gasteiger partial charge on any atom is -0.380 e. The Hall–Kier alpha value is -1.32. The monoisotopic (exact) mass is 328 g/mol. The third-order valence-electron chi connectivity index (χ3n) is 2.31. The number of rotatable bonds is 6. The molecule has 9 heteroatoms. The lowest BCUT2D eigenvalue weighted by atomic mass is 10.2. The van der Waals surface area contributed by atoms with Crippen molar-refractivity contribution in [3.63, 3.8) is 0 Å². The molecule has 1 heterocycles. The van der Waals surface area contributed by atoms with Crippen LogP contribution in [0.1, 0.15) is 6.92 Å². The summed E-state index contributed by atoms with van der Waals surface area (Å²) < 4.78 is 1.55. The second-order valence-electron chi connectivity index (χ2n) is 3.58. The van der Waals surface area contributed by atoms with Crippen molar-refractivity contribution in [2.24, 2.45) is 0 Å². The molecule has 0 aliphatic heterocycles. The predicted octanol–water partition coefficient (Wildman–Crippen LogP) is 3.75. The van der Waals surface area contributed by atoms with Gasteiger partial charge in [-0.2, -0.15) is 0 Å². The molecule has 0 spiro atoms. The number of thioether (sulfide) groups is 1. The van der Waals surface area contributed by atoms with Crippen LogP contribution in [0.15, 0.2) is 31.8 Å². The van der Waals surface area contributed by atoms with Crippen molar-refractivity contribution in [1.29, 1.82) is 0 Å². The number of anilines is 1. The highest BCUT2D eigenvalue weighted by molar-refractivity contribution is 8.03. The third kappa shape index (κ3) is 3.41. The molecule has 106 valence electrons. The maximum atomic E-state index is 11.3. The van der Waals surface area contributed by atoms with Crippen LogP contribution in [-0.4, -0.2) is 27.9 Å². The number of benzene rings is 1. The van der Waals surface area contributed by atoms with E-state index in [-0.39, 0.29) is 10.6 Å². The number of nitro groups is 1. The van der Waals surface area contributed by atoms with Gasteiger partial charge < -0.3 is 5.32 Å². The Morgan fingerprint density at radius 2 is 2.15 bits per heavy atom. The zero-order valence-electron chi connectivity index (χ0n) is 10.8. The van der Waals surface area contributed by atoms with E-state index in [1.54, 1.807) is 18.2 Å². The summed E-state index contributed by atoms with van der Waals surface area (Å²) in [5.41, 5.74) is 0.609. The normalized spacial score (nSPS) is 10.5. The van der Waals surface area contributed by atoms with Gasteiger partial charge in [0.25, 0.3) is 0 Å². The lowest BCUT2D eigenvalue weighted by molar-refractivity contribution is -0.386. The van der Waals surface area contributed by atoms with Crippen molar-refractivity contribution in [2.45, 2.75) is 20.5 Å². The van der Waals surface area contributed by atoms with Crippen LogP contribution in [0.5, 0.6) is 0 Å². The minimum absolute atomic E-state index is 0.0836. The molecule has 2 rings (SSSR count). The van der Waals surface area contributed by atoms with E-state index in [1.807, 2.05) is 13.2 Å². The summed E-state index contributed by atoms with van der Waals surface area (Å²) >= 11 is 4.20. The number of hydrogen-bond donors (Lipinski definition) is 1. The van der Waals surface area contributed by atoms with Gasteiger partial charge >= 0.3 is 5.69 Å². The minimum atomic E-state index is -0.364. The molecule has 2 aromatic rings. The number of nitrogens with zero attached hydrogens (tertiary/aromatic N) is 3. The molecule has 6 nitrogen and oxygen atoms in total. The molecule has 0 aliphatic rings. The summed E-state index contributed by atoms with van der Waals surface area (Å²) in [6, 6.07) is 5.23. The summed E-state index contributed by atoms with van der Waals surface area (Å²) in [4.78, 5) is 11.5. The molecule has 1 aromatic heterocycles. The fourth-order valence-corrected chi connectivity index (χ4v) is 4.07. The van der Waals surface area contributed by atoms with Gasteiger partial charge in [0.2, 0.25) is 0 Å². The Bertz CT molecular complexity index is 617. The summed E-state index contributed by atoms with van der Waals surface area (Å²) in [5, 5.41) is 22.3. The Morgan fingerprint density at radius 1 is 1.40 bits per heavy atom. The first-order valence-electron chi connectivity index (χ1n) is 5.72. The molecule has 0 atom stereocenters. The highest BCUT2D eigenvalue weighted by Crippen LogP contribution is 2.40. The van der Waals surface area contributed by atoms with Crippen LogP contribution in [0, 0.1) is 10.1 Å². The molecule has 1 N–H and O–H groups in total. The first-order chi connectivity index (χ1) is 9.65. The predicted molar refractivity (Wildman–Crippen MR) is 83.1 cm³/mol. The van der Waals surface area contributed by atoms with E-state index < -0.39 is 0 Å². The average Bonchev–Trinajstić information content (AvgIpc) is 2.86. The van der Waals surface area contributed by atoms with E-state index in [9.17, 15) is 10.1 Å². The van der Waals surface area contributed by atoms with Gasteiger partial charge in [0.1, 0.15) is 5.69 Å². The standard InChI is InChI=1S/C11H12N4O2S3/c1-3-12-7-5-4-6-8(9(7)15(16)17)19-11-14-13-10(18-2)20-11/h4-6,12H,3H2,1-2H3. The summed E-state index contributed by atoms with van der Waals surface area (Å²) in [6.07, 6.45) is 1.92. The first kappa shape index (κ1) is 15.1. The number of hydrogen-bond acceptors (Lipinski definition) is 8. The molecule has 0 saturated carbocycles. The molecule has 0 amide bonds. The fraction of sp³-hybridized carbons (Fsp3) is 0.273. The molecule has 0 radical (unpaired) electrons. The van der Waals surface area contributed by atoms with E-state index in [4.69, 9.17) is 0 Å². The molecular formula is C11H12N4O2S3. The van der Waals surface area contributed by atoms with Gasteiger partial charge in [-0.1, -0.05) is 29.2 Å². The highest BCUT2D eigenvalue weighted by Gasteiger charge is 2.21. The van der Waals surface area contributed by atoms with Gasteiger partial charge in [0.05, 0.1) is 9.82 Å². The topological polar surface area (TPSA) is 81.0 Å². The smallest absolute Gasteiger partial charge is 0.306 e. The van der Waals surface area contributed by atoms with Crippen LogP contribution in [-0.2, 0) is 0 Å². The van der Waals surface area contributed by atoms with Crippen molar-refractivity contribution in [3.8, 4) is 0 Å². The van der Waals surface area contributed by atoms with Crippen molar-refractivity contribution in [3.05, 3.63) is 28.3 Å². The van der Waals surface area contributed by atoms with E-state index >= 15 is 0 Å². The Labute approximate surface area is 128 Å². The van der Waals surface area contributed by atoms with Crippen LogP contribution in [0.3, 0.4) is 0 Å². The lowest BCUT2D eigenvalue weighted by Crippen LogP contribution is -2.02. The SMILES string of the molecule is CCNc1cccc(Sc2nnc(SC)s2)c1[N+](=O)[O-]. The second-order valence-corrected chi connectivity index (χ2v) is 6.90.